The number of aliphatic carboxylic acids is 1. The van der Waals surface area contributed by atoms with Crippen molar-refractivity contribution in [2.24, 2.45) is 5.92 Å². The van der Waals surface area contributed by atoms with E-state index in [4.69, 9.17) is 5.11 Å². The molecule has 1 aliphatic rings. The van der Waals surface area contributed by atoms with E-state index in [-0.39, 0.29) is 23.1 Å². The first-order chi connectivity index (χ1) is 9.40. The Hall–Kier alpha value is -2.24. The van der Waals surface area contributed by atoms with E-state index in [0.29, 0.717) is 19.4 Å². The van der Waals surface area contributed by atoms with Crippen LogP contribution in [0.5, 0.6) is 11.5 Å². The van der Waals surface area contributed by atoms with Crippen molar-refractivity contribution in [3.8, 4) is 11.5 Å². The molecule has 0 bridgehead atoms. The van der Waals surface area contributed by atoms with E-state index in [1.54, 1.807) is 6.92 Å². The summed E-state index contributed by atoms with van der Waals surface area (Å²) in [6.45, 7) is 2.11. The topological polar surface area (TPSA) is 98.1 Å². The van der Waals surface area contributed by atoms with E-state index in [1.165, 1.54) is 23.1 Å². The Morgan fingerprint density at radius 1 is 1.30 bits per heavy atom. The van der Waals surface area contributed by atoms with E-state index in [1.807, 2.05) is 0 Å². The molecule has 1 aromatic rings. The van der Waals surface area contributed by atoms with Gasteiger partial charge in [-0.1, -0.05) is 0 Å². The lowest BCUT2D eigenvalue weighted by atomic mass is 9.91. The first-order valence-electron chi connectivity index (χ1n) is 6.46. The molecule has 1 fully saturated rings. The monoisotopic (exact) mass is 279 g/mol. The van der Waals surface area contributed by atoms with Crippen molar-refractivity contribution >= 4 is 11.9 Å². The van der Waals surface area contributed by atoms with Gasteiger partial charge in [0.2, 0.25) is 0 Å². The molecule has 0 spiro atoms. The highest BCUT2D eigenvalue weighted by atomic mass is 16.4. The molecule has 1 amide bonds. The summed E-state index contributed by atoms with van der Waals surface area (Å²) in [5.74, 6) is -1.97. The number of phenolic OH excluding ortho intramolecular Hbond substituents is 2. The zero-order chi connectivity index (χ0) is 14.9. The van der Waals surface area contributed by atoms with E-state index < -0.39 is 17.8 Å². The number of hydrogen-bond acceptors (Lipinski definition) is 4. The number of nitrogens with zero attached hydrogens (tertiary/aromatic N) is 1. The lowest BCUT2D eigenvalue weighted by Gasteiger charge is -2.36. The lowest BCUT2D eigenvalue weighted by Crippen LogP contribution is -2.46. The molecule has 1 heterocycles. The highest BCUT2D eigenvalue weighted by molar-refractivity contribution is 5.97. The third kappa shape index (κ3) is 2.68. The van der Waals surface area contributed by atoms with E-state index >= 15 is 0 Å². The number of hydrogen-bond donors (Lipinski definition) is 3. The number of phenols is 2. The Balaban J connectivity index is 2.18. The largest absolute Gasteiger partial charge is 0.508 e. The number of carbonyl (C=O) groups excluding carboxylic acids is 1. The number of benzene rings is 1. The van der Waals surface area contributed by atoms with Gasteiger partial charge in [0.1, 0.15) is 11.5 Å². The van der Waals surface area contributed by atoms with E-state index in [2.05, 4.69) is 0 Å². The Morgan fingerprint density at radius 3 is 2.60 bits per heavy atom. The highest BCUT2D eigenvalue weighted by Crippen LogP contribution is 2.28. The average molecular weight is 279 g/mol. The molecular weight excluding hydrogens is 262 g/mol. The zero-order valence-electron chi connectivity index (χ0n) is 11.1. The Labute approximate surface area is 116 Å². The minimum atomic E-state index is -0.843. The fourth-order valence-electron chi connectivity index (χ4n) is 2.55. The van der Waals surface area contributed by atoms with Crippen LogP contribution in [-0.4, -0.2) is 44.7 Å². The molecule has 1 aliphatic heterocycles. The number of likely N-dealkylation sites (tertiary alicyclic amines) is 1. The molecule has 0 radical (unpaired) electrons. The number of piperidine rings is 1. The number of carbonyl (C=O) groups is 2. The minimum absolute atomic E-state index is 0.0330. The van der Waals surface area contributed by atoms with Crippen molar-refractivity contribution in [3.63, 3.8) is 0 Å². The maximum absolute atomic E-state index is 12.4. The first-order valence-corrected chi connectivity index (χ1v) is 6.46. The molecular formula is C14H17NO5. The minimum Gasteiger partial charge on any atom is -0.508 e. The summed E-state index contributed by atoms with van der Waals surface area (Å²) in [4.78, 5) is 24.9. The van der Waals surface area contributed by atoms with Crippen LogP contribution in [0.4, 0.5) is 0 Å². The van der Waals surface area contributed by atoms with Crippen molar-refractivity contribution in [2.45, 2.75) is 25.8 Å². The average Bonchev–Trinajstić information content (AvgIpc) is 2.40. The first kappa shape index (κ1) is 14.2. The van der Waals surface area contributed by atoms with Crippen LogP contribution in [0.25, 0.3) is 0 Å². The molecule has 108 valence electrons. The molecule has 6 nitrogen and oxygen atoms in total. The van der Waals surface area contributed by atoms with Crippen LogP contribution < -0.4 is 0 Å². The van der Waals surface area contributed by atoms with Crippen LogP contribution in [0, 0.1) is 5.92 Å². The second-order valence-corrected chi connectivity index (χ2v) is 5.11. The Bertz CT molecular complexity index is 542. The van der Waals surface area contributed by atoms with Crippen LogP contribution in [-0.2, 0) is 4.79 Å². The van der Waals surface area contributed by atoms with Gasteiger partial charge in [-0.05, 0) is 38.0 Å². The number of amides is 1. The van der Waals surface area contributed by atoms with Gasteiger partial charge < -0.3 is 20.2 Å². The van der Waals surface area contributed by atoms with Gasteiger partial charge in [-0.25, -0.2) is 0 Å². The second-order valence-electron chi connectivity index (χ2n) is 5.11. The predicted octanol–water partition coefficient (Wildman–Crippen LogP) is 1.42. The Morgan fingerprint density at radius 2 is 2.00 bits per heavy atom. The summed E-state index contributed by atoms with van der Waals surface area (Å²) in [6.07, 6.45) is 0.783. The molecule has 3 N–H and O–H groups in total. The van der Waals surface area contributed by atoms with Gasteiger partial charge in [0, 0.05) is 12.6 Å². The quantitative estimate of drug-likeness (QED) is 0.711. The van der Waals surface area contributed by atoms with Crippen molar-refractivity contribution in [1.82, 2.24) is 4.90 Å². The van der Waals surface area contributed by atoms with Gasteiger partial charge >= 0.3 is 5.97 Å². The number of aromatic hydroxyl groups is 2. The molecule has 0 aromatic heterocycles. The van der Waals surface area contributed by atoms with E-state index in [9.17, 15) is 19.8 Å². The van der Waals surface area contributed by atoms with Gasteiger partial charge in [-0.3, -0.25) is 9.59 Å². The van der Waals surface area contributed by atoms with Crippen LogP contribution >= 0.6 is 0 Å². The number of carboxylic acids is 1. The number of carboxylic acid groups (broad SMARTS) is 1. The predicted molar refractivity (Wildman–Crippen MR) is 70.6 cm³/mol. The third-order valence-electron chi connectivity index (χ3n) is 3.70. The smallest absolute Gasteiger partial charge is 0.306 e. The Kier molecular flexibility index (Phi) is 3.83. The summed E-state index contributed by atoms with van der Waals surface area (Å²) in [5.41, 5.74) is 0.0330. The number of rotatable bonds is 2. The summed E-state index contributed by atoms with van der Waals surface area (Å²) >= 11 is 0. The normalized spacial score (nSPS) is 22.6. The van der Waals surface area contributed by atoms with Crippen molar-refractivity contribution < 1.29 is 24.9 Å². The molecule has 2 atom stereocenters. The van der Waals surface area contributed by atoms with Crippen molar-refractivity contribution in [3.05, 3.63) is 23.8 Å². The van der Waals surface area contributed by atoms with Crippen molar-refractivity contribution in [1.29, 1.82) is 0 Å². The van der Waals surface area contributed by atoms with Crippen LogP contribution in [0.15, 0.2) is 18.2 Å². The molecule has 6 heteroatoms. The van der Waals surface area contributed by atoms with E-state index in [0.717, 1.165) is 0 Å². The van der Waals surface area contributed by atoms with Gasteiger partial charge in [0.15, 0.2) is 0 Å². The van der Waals surface area contributed by atoms with Gasteiger partial charge in [0.05, 0.1) is 11.5 Å². The molecule has 20 heavy (non-hydrogen) atoms. The second kappa shape index (κ2) is 5.40. The summed E-state index contributed by atoms with van der Waals surface area (Å²) < 4.78 is 0. The maximum atomic E-state index is 12.4. The van der Waals surface area contributed by atoms with Gasteiger partial charge in [-0.15, -0.1) is 0 Å². The summed E-state index contributed by atoms with van der Waals surface area (Å²) in [5, 5.41) is 28.1. The fraction of sp³-hybridized carbons (Fsp3) is 0.429. The SMILES string of the molecule is CC1CC(C(=O)O)CCN1C(=O)c1cc(O)ccc1O. The zero-order valence-corrected chi connectivity index (χ0v) is 11.1. The third-order valence-corrected chi connectivity index (χ3v) is 3.70. The highest BCUT2D eigenvalue weighted by Gasteiger charge is 2.33. The van der Waals surface area contributed by atoms with Crippen molar-refractivity contribution in [2.75, 3.05) is 6.54 Å². The maximum Gasteiger partial charge on any atom is 0.306 e. The lowest BCUT2D eigenvalue weighted by molar-refractivity contribution is -0.143. The van der Waals surface area contributed by atoms with Crippen LogP contribution in [0.2, 0.25) is 0 Å². The van der Waals surface area contributed by atoms with Gasteiger partial charge in [-0.2, -0.15) is 0 Å². The van der Waals surface area contributed by atoms with Crippen LogP contribution in [0.3, 0.4) is 0 Å². The summed E-state index contributed by atoms with van der Waals surface area (Å²) in [7, 11) is 0. The molecule has 0 saturated carbocycles. The van der Waals surface area contributed by atoms with Crippen LogP contribution in [0.1, 0.15) is 30.1 Å². The molecule has 1 saturated heterocycles. The summed E-state index contributed by atoms with van der Waals surface area (Å²) in [6, 6.07) is 3.55. The standard InChI is InChI=1S/C14H17NO5/c1-8-6-9(14(19)20)4-5-15(8)13(18)11-7-10(16)2-3-12(11)17/h2-3,7-9,16-17H,4-6H2,1H3,(H,19,20). The fourth-order valence-corrected chi connectivity index (χ4v) is 2.55. The molecule has 2 rings (SSSR count). The molecule has 1 aromatic carbocycles. The van der Waals surface area contributed by atoms with Gasteiger partial charge in [0.25, 0.3) is 5.91 Å². The molecule has 0 aliphatic carbocycles. The molecule has 2 unspecified atom stereocenters.